The van der Waals surface area contributed by atoms with Gasteiger partial charge in [-0.3, -0.25) is 14.6 Å². The molecular weight excluding hydrogens is 264 g/mol. The summed E-state index contributed by atoms with van der Waals surface area (Å²) < 4.78 is 0. The van der Waals surface area contributed by atoms with Gasteiger partial charge in [0, 0.05) is 0 Å². The van der Waals surface area contributed by atoms with E-state index in [0.29, 0.717) is 0 Å². The minimum Gasteiger partial charge on any atom is -0.480 e. The Bertz CT molecular complexity index is 493. The molecule has 1 atom stereocenters. The van der Waals surface area contributed by atoms with Crippen LogP contribution >= 0.6 is 11.6 Å². The number of nitrogens with zero attached hydrogens (tertiary/aromatic N) is 2. The van der Waals surface area contributed by atoms with E-state index in [-0.39, 0.29) is 10.8 Å². The molecule has 9 heteroatoms. The first-order valence-corrected chi connectivity index (χ1v) is 5.07. The van der Waals surface area contributed by atoms with Crippen molar-refractivity contribution in [3.05, 3.63) is 23.2 Å². The number of carboxylic acids is 1. The smallest absolute Gasteiger partial charge is 0.326 e. The Kier molecular flexibility index (Phi) is 4.55. The van der Waals surface area contributed by atoms with Crippen molar-refractivity contribution in [1.82, 2.24) is 15.3 Å². The molecule has 0 saturated heterocycles. The molecule has 0 radical (unpaired) electrons. The van der Waals surface area contributed by atoms with E-state index in [4.69, 9.17) is 22.4 Å². The average molecular weight is 273 g/mol. The second-order valence-electron chi connectivity index (χ2n) is 3.26. The molecule has 0 unspecified atom stereocenters. The van der Waals surface area contributed by atoms with Crippen LogP contribution < -0.4 is 11.1 Å². The Morgan fingerprint density at radius 1 is 1.44 bits per heavy atom. The van der Waals surface area contributed by atoms with Crippen LogP contribution in [0.25, 0.3) is 0 Å². The second-order valence-corrected chi connectivity index (χ2v) is 3.65. The first-order valence-electron chi connectivity index (χ1n) is 4.69. The zero-order valence-electron chi connectivity index (χ0n) is 8.96. The number of primary amides is 1. The van der Waals surface area contributed by atoms with Crippen LogP contribution in [-0.2, 0) is 9.59 Å². The van der Waals surface area contributed by atoms with Crippen LogP contribution in [0.3, 0.4) is 0 Å². The summed E-state index contributed by atoms with van der Waals surface area (Å²) in [5.74, 6) is -3.03. The third-order valence-electron chi connectivity index (χ3n) is 1.85. The van der Waals surface area contributed by atoms with E-state index in [2.05, 4.69) is 15.3 Å². The number of halogens is 1. The molecule has 0 spiro atoms. The third kappa shape index (κ3) is 3.98. The molecule has 1 aromatic heterocycles. The van der Waals surface area contributed by atoms with E-state index in [0.717, 1.165) is 6.20 Å². The molecule has 2 amide bonds. The van der Waals surface area contributed by atoms with Crippen LogP contribution in [0.2, 0.25) is 5.15 Å². The minimum atomic E-state index is -1.42. The zero-order valence-corrected chi connectivity index (χ0v) is 9.72. The van der Waals surface area contributed by atoms with E-state index >= 15 is 0 Å². The van der Waals surface area contributed by atoms with Crippen LogP contribution in [0.15, 0.2) is 12.4 Å². The van der Waals surface area contributed by atoms with Gasteiger partial charge in [-0.05, 0) is 0 Å². The van der Waals surface area contributed by atoms with E-state index in [1.807, 2.05) is 0 Å². The molecule has 1 aromatic rings. The van der Waals surface area contributed by atoms with Crippen molar-refractivity contribution in [3.8, 4) is 0 Å². The number of hydrogen-bond donors (Lipinski definition) is 3. The molecule has 0 saturated carbocycles. The highest BCUT2D eigenvalue weighted by molar-refractivity contribution is 6.29. The van der Waals surface area contributed by atoms with Crippen molar-refractivity contribution in [2.24, 2.45) is 5.73 Å². The lowest BCUT2D eigenvalue weighted by Gasteiger charge is -2.12. The van der Waals surface area contributed by atoms with Gasteiger partial charge < -0.3 is 16.2 Å². The first-order chi connectivity index (χ1) is 8.40. The topological polar surface area (TPSA) is 135 Å². The van der Waals surface area contributed by atoms with Gasteiger partial charge in [-0.1, -0.05) is 11.6 Å². The maximum Gasteiger partial charge on any atom is 0.326 e. The predicted octanol–water partition coefficient (Wildman–Crippen LogP) is -0.812. The Labute approximate surface area is 106 Å². The second kappa shape index (κ2) is 5.92. The maximum absolute atomic E-state index is 11.6. The number of carboxylic acid groups (broad SMARTS) is 1. The SMILES string of the molecule is NC(=O)C[C@H](NC(=O)c1cncc(Cl)n1)C(=O)O. The van der Waals surface area contributed by atoms with Gasteiger partial charge in [-0.2, -0.15) is 0 Å². The lowest BCUT2D eigenvalue weighted by Crippen LogP contribution is -2.43. The van der Waals surface area contributed by atoms with Crippen molar-refractivity contribution >= 4 is 29.4 Å². The lowest BCUT2D eigenvalue weighted by atomic mass is 10.2. The van der Waals surface area contributed by atoms with Crippen LogP contribution in [0.4, 0.5) is 0 Å². The van der Waals surface area contributed by atoms with Crippen LogP contribution in [0, 0.1) is 0 Å². The van der Waals surface area contributed by atoms with E-state index in [1.165, 1.54) is 6.20 Å². The Balaban J connectivity index is 2.78. The van der Waals surface area contributed by atoms with Gasteiger partial charge in [-0.15, -0.1) is 0 Å². The maximum atomic E-state index is 11.6. The molecule has 1 heterocycles. The Morgan fingerprint density at radius 3 is 2.61 bits per heavy atom. The van der Waals surface area contributed by atoms with Crippen molar-refractivity contribution in [3.63, 3.8) is 0 Å². The number of aliphatic carboxylic acids is 1. The molecule has 18 heavy (non-hydrogen) atoms. The summed E-state index contributed by atoms with van der Waals surface area (Å²) in [6, 6.07) is -1.42. The quantitative estimate of drug-likeness (QED) is 0.641. The molecule has 1 rings (SSSR count). The summed E-state index contributed by atoms with van der Waals surface area (Å²) in [7, 11) is 0. The van der Waals surface area contributed by atoms with Crippen molar-refractivity contribution < 1.29 is 19.5 Å². The summed E-state index contributed by atoms with van der Waals surface area (Å²) in [6.07, 6.45) is 1.82. The molecule has 0 aliphatic heterocycles. The number of hydrogen-bond acceptors (Lipinski definition) is 5. The van der Waals surface area contributed by atoms with Crippen LogP contribution in [0.5, 0.6) is 0 Å². The number of aromatic nitrogens is 2. The first kappa shape index (κ1) is 13.8. The van der Waals surface area contributed by atoms with Crippen LogP contribution in [0.1, 0.15) is 16.9 Å². The molecule has 0 aromatic carbocycles. The summed E-state index contributed by atoms with van der Waals surface area (Å²) in [5.41, 5.74) is 4.71. The van der Waals surface area contributed by atoms with E-state index < -0.39 is 30.2 Å². The Hall–Kier alpha value is -2.22. The molecule has 96 valence electrons. The fraction of sp³-hybridized carbons (Fsp3) is 0.222. The zero-order chi connectivity index (χ0) is 13.7. The summed E-state index contributed by atoms with van der Waals surface area (Å²) in [4.78, 5) is 40.3. The highest BCUT2D eigenvalue weighted by Crippen LogP contribution is 2.03. The average Bonchev–Trinajstić information content (AvgIpc) is 2.27. The largest absolute Gasteiger partial charge is 0.480 e. The predicted molar refractivity (Wildman–Crippen MR) is 59.7 cm³/mol. The van der Waals surface area contributed by atoms with Gasteiger partial charge in [0.15, 0.2) is 0 Å². The Morgan fingerprint density at radius 2 is 2.11 bits per heavy atom. The van der Waals surface area contributed by atoms with E-state index in [1.54, 1.807) is 0 Å². The summed E-state index contributed by atoms with van der Waals surface area (Å²) in [6.45, 7) is 0. The monoisotopic (exact) mass is 272 g/mol. The highest BCUT2D eigenvalue weighted by atomic mass is 35.5. The fourth-order valence-electron chi connectivity index (χ4n) is 1.09. The molecule has 0 fully saturated rings. The number of carbonyl (C=O) groups excluding carboxylic acids is 2. The lowest BCUT2D eigenvalue weighted by molar-refractivity contribution is -0.140. The van der Waals surface area contributed by atoms with Gasteiger partial charge in [0.2, 0.25) is 5.91 Å². The number of nitrogens with one attached hydrogen (secondary N) is 1. The molecule has 0 aliphatic carbocycles. The minimum absolute atomic E-state index is 0.00979. The molecular formula is C9H9ClN4O4. The number of amides is 2. The number of carbonyl (C=O) groups is 3. The van der Waals surface area contributed by atoms with Crippen molar-refractivity contribution in [1.29, 1.82) is 0 Å². The summed E-state index contributed by atoms with van der Waals surface area (Å²) in [5, 5.41) is 10.9. The van der Waals surface area contributed by atoms with E-state index in [9.17, 15) is 14.4 Å². The van der Waals surface area contributed by atoms with Gasteiger partial charge in [-0.25, -0.2) is 9.78 Å². The van der Waals surface area contributed by atoms with Gasteiger partial charge in [0.05, 0.1) is 18.8 Å². The van der Waals surface area contributed by atoms with Gasteiger partial charge in [0.1, 0.15) is 16.9 Å². The highest BCUT2D eigenvalue weighted by Gasteiger charge is 2.23. The molecule has 0 aliphatic rings. The standard InChI is InChI=1S/C9H9ClN4O4/c10-6-3-12-2-5(13-6)8(16)14-4(9(17)18)1-7(11)15/h2-4H,1H2,(H2,11,15)(H,14,16)(H,17,18)/t4-/m0/s1. The normalized spacial score (nSPS) is 11.6. The number of nitrogens with two attached hydrogens (primary N) is 1. The van der Waals surface area contributed by atoms with Gasteiger partial charge in [0.25, 0.3) is 5.91 Å². The molecule has 8 nitrogen and oxygen atoms in total. The van der Waals surface area contributed by atoms with Crippen molar-refractivity contribution in [2.75, 3.05) is 0 Å². The third-order valence-corrected chi connectivity index (χ3v) is 2.03. The molecule has 4 N–H and O–H groups in total. The fourth-order valence-corrected chi connectivity index (χ4v) is 1.23. The van der Waals surface area contributed by atoms with Crippen molar-refractivity contribution in [2.45, 2.75) is 12.5 Å². The summed E-state index contributed by atoms with van der Waals surface area (Å²) >= 11 is 5.53. The van der Waals surface area contributed by atoms with Crippen LogP contribution in [-0.4, -0.2) is 38.9 Å². The molecule has 0 bridgehead atoms. The van der Waals surface area contributed by atoms with Gasteiger partial charge >= 0.3 is 5.97 Å². The number of rotatable bonds is 5.